The van der Waals surface area contributed by atoms with E-state index in [0.717, 1.165) is 16.7 Å². The van der Waals surface area contributed by atoms with Crippen molar-refractivity contribution in [3.8, 4) is 22.9 Å². The molecule has 4 aromatic rings. The zero-order valence-corrected chi connectivity index (χ0v) is 30.0. The summed E-state index contributed by atoms with van der Waals surface area (Å²) in [6.45, 7) is 0.592. The van der Waals surface area contributed by atoms with E-state index >= 15 is 0 Å². The SMILES string of the molecule is COc1nc(O[C@H]2CCc3c(-c4cccc(C(=O)Nc5cnc(CNCC(O)CC(=O)O)cn5)c4Cl)cccc32)c(Cl)cc1CNCC(O)CC(=O)O. The highest BCUT2D eigenvalue weighted by atomic mass is 35.5. The molecule has 53 heavy (non-hydrogen) atoms. The van der Waals surface area contributed by atoms with E-state index in [1.165, 1.54) is 19.5 Å². The molecule has 7 N–H and O–H groups in total. The summed E-state index contributed by atoms with van der Waals surface area (Å²) in [5.41, 5.74) is 4.81. The van der Waals surface area contributed by atoms with Gasteiger partial charge in [0.25, 0.3) is 5.91 Å². The van der Waals surface area contributed by atoms with Crippen molar-refractivity contribution < 1.29 is 44.3 Å². The summed E-state index contributed by atoms with van der Waals surface area (Å²) in [7, 11) is 1.46. The number of anilines is 1. The second-order valence-electron chi connectivity index (χ2n) is 12.2. The fourth-order valence-electron chi connectivity index (χ4n) is 5.90. The molecule has 17 heteroatoms. The Kier molecular flexibility index (Phi) is 13.5. The van der Waals surface area contributed by atoms with Crippen LogP contribution in [0.4, 0.5) is 5.82 Å². The number of amides is 1. The lowest BCUT2D eigenvalue weighted by Gasteiger charge is -2.18. The quantitative estimate of drug-likeness (QED) is 0.0759. The molecular formula is C36H38Cl2N6O9. The van der Waals surface area contributed by atoms with Gasteiger partial charge in [0.15, 0.2) is 5.82 Å². The summed E-state index contributed by atoms with van der Waals surface area (Å²) in [6.07, 6.45) is 0.913. The van der Waals surface area contributed by atoms with Gasteiger partial charge >= 0.3 is 11.9 Å². The molecule has 0 fully saturated rings. The number of ether oxygens (including phenoxy) is 2. The standard InChI is InChI=1S/C36H38Cl2N6O9/c1-52-35-19(13-39-16-21(45)11-31(47)48)10-28(37)36(44-35)53-29-9-8-24-23(4-2-5-25(24)29)26-6-3-7-27(33(26)38)34(51)43-30-18-41-20(15-42-30)14-40-17-22(46)12-32(49)50/h2-7,10,15,18,21-22,29,39-40,45-46H,8-9,11-14,16-17H2,1H3,(H,47,48)(H,49,50)(H,42,43,51)/t21?,22?,29-/m0/s1. The molecule has 0 aliphatic heterocycles. The predicted molar refractivity (Wildman–Crippen MR) is 194 cm³/mol. The van der Waals surface area contributed by atoms with Crippen LogP contribution in [0.25, 0.3) is 11.1 Å². The third kappa shape index (κ3) is 10.4. The fraction of sp³-hybridized carbons (Fsp3) is 0.333. The van der Waals surface area contributed by atoms with Crippen LogP contribution in [0.3, 0.4) is 0 Å². The van der Waals surface area contributed by atoms with E-state index < -0.39 is 30.1 Å². The number of methoxy groups -OCH3 is 1. The fourth-order valence-corrected chi connectivity index (χ4v) is 6.44. The minimum Gasteiger partial charge on any atom is -0.481 e. The number of nitrogens with one attached hydrogen (secondary N) is 3. The van der Waals surface area contributed by atoms with Crippen molar-refractivity contribution in [3.05, 3.63) is 92.9 Å². The molecule has 2 aromatic heterocycles. The van der Waals surface area contributed by atoms with Gasteiger partial charge in [0.2, 0.25) is 11.8 Å². The maximum Gasteiger partial charge on any atom is 0.306 e. The normalized spacial score (nSPS) is 14.6. The number of carbonyl (C=O) groups excluding carboxylic acids is 1. The van der Waals surface area contributed by atoms with Gasteiger partial charge in [0.1, 0.15) is 11.1 Å². The lowest BCUT2D eigenvalue weighted by atomic mass is 9.95. The number of carboxylic acid groups (broad SMARTS) is 2. The molecule has 0 saturated carbocycles. The van der Waals surface area contributed by atoms with Gasteiger partial charge in [-0.15, -0.1) is 0 Å². The Morgan fingerprint density at radius 3 is 2.25 bits per heavy atom. The van der Waals surface area contributed by atoms with Crippen molar-refractivity contribution in [2.75, 3.05) is 25.5 Å². The van der Waals surface area contributed by atoms with Crippen LogP contribution in [0.15, 0.2) is 54.9 Å². The molecule has 5 rings (SSSR count). The molecular weight excluding hydrogens is 731 g/mol. The number of rotatable bonds is 18. The molecule has 2 unspecified atom stereocenters. The average Bonchev–Trinajstić information content (AvgIpc) is 3.52. The van der Waals surface area contributed by atoms with Crippen LogP contribution in [-0.2, 0) is 29.1 Å². The van der Waals surface area contributed by atoms with E-state index in [4.69, 9.17) is 42.9 Å². The van der Waals surface area contributed by atoms with Gasteiger partial charge in [0.05, 0.1) is 60.8 Å². The Morgan fingerprint density at radius 1 is 0.906 bits per heavy atom. The zero-order chi connectivity index (χ0) is 38.1. The van der Waals surface area contributed by atoms with Crippen LogP contribution in [-0.4, -0.2) is 85.6 Å². The molecule has 0 bridgehead atoms. The number of aliphatic hydroxyl groups excluding tert-OH is 2. The van der Waals surface area contributed by atoms with Crippen molar-refractivity contribution in [1.29, 1.82) is 0 Å². The van der Waals surface area contributed by atoms with Gasteiger partial charge < -0.3 is 45.9 Å². The van der Waals surface area contributed by atoms with Crippen molar-refractivity contribution in [2.24, 2.45) is 0 Å². The molecule has 0 radical (unpaired) electrons. The molecule has 2 aromatic carbocycles. The van der Waals surface area contributed by atoms with E-state index in [0.29, 0.717) is 29.7 Å². The topological polar surface area (TPSA) is 225 Å². The van der Waals surface area contributed by atoms with Crippen molar-refractivity contribution in [3.63, 3.8) is 0 Å². The predicted octanol–water partition coefficient (Wildman–Crippen LogP) is 4.02. The minimum atomic E-state index is -1.10. The van der Waals surface area contributed by atoms with Gasteiger partial charge in [-0.2, -0.15) is 4.98 Å². The number of halogens is 2. The number of hydrogen-bond donors (Lipinski definition) is 7. The molecule has 15 nitrogen and oxygen atoms in total. The van der Waals surface area contributed by atoms with Crippen LogP contribution in [0.5, 0.6) is 11.8 Å². The van der Waals surface area contributed by atoms with Crippen LogP contribution < -0.4 is 25.4 Å². The molecule has 0 saturated heterocycles. The van der Waals surface area contributed by atoms with Gasteiger partial charge in [-0.05, 0) is 41.7 Å². The van der Waals surface area contributed by atoms with E-state index in [1.54, 1.807) is 18.2 Å². The maximum atomic E-state index is 13.3. The average molecular weight is 770 g/mol. The van der Waals surface area contributed by atoms with Crippen LogP contribution >= 0.6 is 23.2 Å². The highest BCUT2D eigenvalue weighted by molar-refractivity contribution is 6.37. The summed E-state index contributed by atoms with van der Waals surface area (Å²) < 4.78 is 11.8. The van der Waals surface area contributed by atoms with Crippen LogP contribution in [0.1, 0.15) is 58.1 Å². The first-order valence-corrected chi connectivity index (χ1v) is 17.3. The largest absolute Gasteiger partial charge is 0.481 e. The van der Waals surface area contributed by atoms with Crippen molar-refractivity contribution in [1.82, 2.24) is 25.6 Å². The van der Waals surface area contributed by atoms with Crippen molar-refractivity contribution in [2.45, 2.75) is 57.1 Å². The summed E-state index contributed by atoms with van der Waals surface area (Å²) in [5.74, 6) is -2.02. The highest BCUT2D eigenvalue weighted by Gasteiger charge is 2.29. The first-order valence-electron chi connectivity index (χ1n) is 16.6. The lowest BCUT2D eigenvalue weighted by molar-refractivity contribution is -0.140. The molecule has 3 atom stereocenters. The second kappa shape index (κ2) is 18.2. The van der Waals surface area contributed by atoms with Crippen molar-refractivity contribution >= 4 is 46.9 Å². The highest BCUT2D eigenvalue weighted by Crippen LogP contribution is 2.43. The number of aliphatic hydroxyl groups is 2. The van der Waals surface area contributed by atoms with E-state index in [2.05, 4.69) is 30.9 Å². The van der Waals surface area contributed by atoms with Crippen LogP contribution in [0.2, 0.25) is 10.0 Å². The number of aliphatic carboxylic acids is 2. The summed E-state index contributed by atoms with van der Waals surface area (Å²) >= 11 is 13.5. The minimum absolute atomic E-state index is 0.0547. The maximum absolute atomic E-state index is 13.3. The van der Waals surface area contributed by atoms with Crippen LogP contribution in [0, 0.1) is 0 Å². The Labute approximate surface area is 314 Å². The van der Waals surface area contributed by atoms with E-state index in [-0.39, 0.29) is 78.3 Å². The summed E-state index contributed by atoms with van der Waals surface area (Å²) in [6, 6.07) is 12.6. The first-order chi connectivity index (χ1) is 25.4. The smallest absolute Gasteiger partial charge is 0.306 e. The number of hydrogen-bond acceptors (Lipinski definition) is 12. The number of pyridine rings is 1. The van der Waals surface area contributed by atoms with E-state index in [9.17, 15) is 24.6 Å². The first kappa shape index (κ1) is 39.3. The second-order valence-corrected chi connectivity index (χ2v) is 13.0. The number of carboxylic acids is 2. The number of carbonyl (C=O) groups is 3. The van der Waals surface area contributed by atoms with Gasteiger partial charge in [-0.1, -0.05) is 53.5 Å². The number of nitrogens with zero attached hydrogens (tertiary/aromatic N) is 3. The van der Waals surface area contributed by atoms with E-state index in [1.807, 2.05) is 24.3 Å². The third-order valence-corrected chi connectivity index (χ3v) is 9.01. The molecule has 1 aliphatic rings. The molecule has 0 spiro atoms. The molecule has 280 valence electrons. The monoisotopic (exact) mass is 768 g/mol. The van der Waals surface area contributed by atoms with Gasteiger partial charge in [-0.25, -0.2) is 4.98 Å². The molecule has 2 heterocycles. The molecule has 1 amide bonds. The summed E-state index contributed by atoms with van der Waals surface area (Å²) in [5, 5.41) is 46.2. The third-order valence-electron chi connectivity index (χ3n) is 8.33. The Bertz CT molecular complexity index is 1950. The van der Waals surface area contributed by atoms with Gasteiger partial charge in [0, 0.05) is 37.3 Å². The lowest BCUT2D eigenvalue weighted by Crippen LogP contribution is -2.28. The molecule has 1 aliphatic carbocycles. The number of fused-ring (bicyclic) bond motifs is 1. The zero-order valence-electron chi connectivity index (χ0n) is 28.5. The Hall–Kier alpha value is -4.90. The summed E-state index contributed by atoms with van der Waals surface area (Å²) in [4.78, 5) is 47.8. The number of aromatic nitrogens is 3. The van der Waals surface area contributed by atoms with Gasteiger partial charge in [-0.3, -0.25) is 19.4 Å². The Balaban J connectivity index is 1.25. The Morgan fingerprint density at radius 2 is 1.58 bits per heavy atom. The number of benzene rings is 2.